The number of imide groups is 1. The van der Waals surface area contributed by atoms with Gasteiger partial charge in [-0.15, -0.1) is 6.58 Å². The lowest BCUT2D eigenvalue weighted by atomic mass is 10.1. The first-order valence-electron chi connectivity index (χ1n) is 9.34. The molecule has 1 fully saturated rings. The lowest BCUT2D eigenvalue weighted by Crippen LogP contribution is -2.51. The molecule has 0 aliphatic carbocycles. The maximum Gasteiger partial charge on any atom is 0.261 e. The average Bonchev–Trinajstić information content (AvgIpc) is 2.95. The van der Waals surface area contributed by atoms with Gasteiger partial charge in [0.05, 0.1) is 17.7 Å². The van der Waals surface area contributed by atoms with Gasteiger partial charge in [-0.1, -0.05) is 18.2 Å². The minimum absolute atomic E-state index is 0.0645. The van der Waals surface area contributed by atoms with Gasteiger partial charge in [0.15, 0.2) is 0 Å². The molecular weight excluding hydrogens is 360 g/mol. The zero-order valence-electron chi connectivity index (χ0n) is 15.7. The predicted octanol–water partition coefficient (Wildman–Crippen LogP) is 0.119. The van der Waals surface area contributed by atoms with Crippen LogP contribution in [0.3, 0.4) is 0 Å². The maximum atomic E-state index is 12.5. The van der Waals surface area contributed by atoms with Crippen LogP contribution in [0.4, 0.5) is 0 Å². The fourth-order valence-corrected chi connectivity index (χ4v) is 3.41. The van der Waals surface area contributed by atoms with Crippen molar-refractivity contribution in [2.75, 3.05) is 45.8 Å². The van der Waals surface area contributed by atoms with Gasteiger partial charge in [0, 0.05) is 45.7 Å². The van der Waals surface area contributed by atoms with Crippen LogP contribution in [0.5, 0.6) is 0 Å². The Hall–Kier alpha value is -3.00. The smallest absolute Gasteiger partial charge is 0.261 e. The van der Waals surface area contributed by atoms with Gasteiger partial charge in [-0.3, -0.25) is 29.0 Å². The van der Waals surface area contributed by atoms with Crippen molar-refractivity contribution in [1.29, 1.82) is 0 Å². The fourth-order valence-electron chi connectivity index (χ4n) is 3.41. The van der Waals surface area contributed by atoms with E-state index in [0.717, 1.165) is 4.90 Å². The van der Waals surface area contributed by atoms with E-state index in [1.54, 1.807) is 35.2 Å². The summed E-state index contributed by atoms with van der Waals surface area (Å²) in [5.74, 6) is -0.842. The number of fused-ring (bicyclic) bond motifs is 1. The topological polar surface area (TPSA) is 90.0 Å². The summed E-state index contributed by atoms with van der Waals surface area (Å²) in [6.45, 7) is 6.64. The summed E-state index contributed by atoms with van der Waals surface area (Å²) < 4.78 is 0. The number of hydrogen-bond acceptors (Lipinski definition) is 5. The highest BCUT2D eigenvalue weighted by Crippen LogP contribution is 2.22. The first kappa shape index (κ1) is 19.8. The quantitative estimate of drug-likeness (QED) is 0.533. The first-order valence-corrected chi connectivity index (χ1v) is 9.34. The predicted molar refractivity (Wildman–Crippen MR) is 103 cm³/mol. The molecule has 0 bridgehead atoms. The zero-order chi connectivity index (χ0) is 20.1. The average molecular weight is 384 g/mol. The van der Waals surface area contributed by atoms with E-state index in [1.165, 1.54) is 0 Å². The van der Waals surface area contributed by atoms with Gasteiger partial charge in [0.25, 0.3) is 11.8 Å². The van der Waals surface area contributed by atoms with E-state index < -0.39 is 0 Å². The molecule has 28 heavy (non-hydrogen) atoms. The SMILES string of the molecule is C=CCNC(=O)CN1CCN(C(=O)CCN2C(=O)c3ccccc3C2=O)CC1. The van der Waals surface area contributed by atoms with Crippen molar-refractivity contribution < 1.29 is 19.2 Å². The van der Waals surface area contributed by atoms with Crippen LogP contribution in [-0.4, -0.2) is 84.1 Å². The molecule has 3 rings (SSSR count). The number of piperazine rings is 1. The molecule has 1 N–H and O–H groups in total. The molecule has 2 aliphatic heterocycles. The Morgan fingerprint density at radius 2 is 1.64 bits per heavy atom. The van der Waals surface area contributed by atoms with E-state index in [9.17, 15) is 19.2 Å². The summed E-state index contributed by atoms with van der Waals surface area (Å²) in [5, 5.41) is 2.73. The molecule has 0 saturated carbocycles. The van der Waals surface area contributed by atoms with Crippen LogP contribution in [-0.2, 0) is 9.59 Å². The molecule has 1 saturated heterocycles. The highest BCUT2D eigenvalue weighted by Gasteiger charge is 2.35. The van der Waals surface area contributed by atoms with Crippen LogP contribution in [0.2, 0.25) is 0 Å². The van der Waals surface area contributed by atoms with Crippen molar-refractivity contribution in [1.82, 2.24) is 20.0 Å². The monoisotopic (exact) mass is 384 g/mol. The summed E-state index contributed by atoms with van der Waals surface area (Å²) in [4.78, 5) is 53.8. The Morgan fingerprint density at radius 1 is 1.04 bits per heavy atom. The lowest BCUT2D eigenvalue weighted by Gasteiger charge is -2.34. The van der Waals surface area contributed by atoms with Crippen molar-refractivity contribution in [3.05, 3.63) is 48.0 Å². The Labute approximate surface area is 163 Å². The molecule has 148 valence electrons. The van der Waals surface area contributed by atoms with Crippen molar-refractivity contribution in [2.24, 2.45) is 0 Å². The minimum Gasteiger partial charge on any atom is -0.352 e. The van der Waals surface area contributed by atoms with Crippen molar-refractivity contribution in [2.45, 2.75) is 6.42 Å². The highest BCUT2D eigenvalue weighted by molar-refractivity contribution is 6.21. The third-order valence-electron chi connectivity index (χ3n) is 4.96. The lowest BCUT2D eigenvalue weighted by molar-refractivity contribution is -0.133. The van der Waals surface area contributed by atoms with Gasteiger partial charge in [-0.05, 0) is 12.1 Å². The van der Waals surface area contributed by atoms with Gasteiger partial charge in [-0.25, -0.2) is 0 Å². The summed E-state index contributed by atoms with van der Waals surface area (Å²) in [5.41, 5.74) is 0.784. The summed E-state index contributed by atoms with van der Waals surface area (Å²) in [6.07, 6.45) is 1.73. The molecule has 2 aliphatic rings. The molecule has 0 unspecified atom stereocenters. The molecule has 2 heterocycles. The van der Waals surface area contributed by atoms with E-state index in [4.69, 9.17) is 0 Å². The van der Waals surface area contributed by atoms with Crippen molar-refractivity contribution >= 4 is 23.6 Å². The number of carbonyl (C=O) groups excluding carboxylic acids is 4. The molecule has 4 amide bonds. The van der Waals surface area contributed by atoms with Crippen molar-refractivity contribution in [3.63, 3.8) is 0 Å². The number of rotatable bonds is 7. The van der Waals surface area contributed by atoms with Crippen LogP contribution in [0.25, 0.3) is 0 Å². The Kier molecular flexibility index (Phi) is 6.20. The van der Waals surface area contributed by atoms with Crippen LogP contribution in [0.1, 0.15) is 27.1 Å². The first-order chi connectivity index (χ1) is 13.5. The molecular formula is C20H24N4O4. The maximum absolute atomic E-state index is 12.5. The largest absolute Gasteiger partial charge is 0.352 e. The Balaban J connectivity index is 1.44. The van der Waals surface area contributed by atoms with Crippen LogP contribution >= 0.6 is 0 Å². The van der Waals surface area contributed by atoms with E-state index in [-0.39, 0.29) is 36.6 Å². The van der Waals surface area contributed by atoms with Crippen LogP contribution < -0.4 is 5.32 Å². The second-order valence-electron chi connectivity index (χ2n) is 6.81. The summed E-state index contributed by atoms with van der Waals surface area (Å²) >= 11 is 0. The second-order valence-corrected chi connectivity index (χ2v) is 6.81. The number of carbonyl (C=O) groups is 4. The van der Waals surface area contributed by atoms with Gasteiger partial charge in [0.2, 0.25) is 11.8 Å². The fraction of sp³-hybridized carbons (Fsp3) is 0.400. The summed E-state index contributed by atoms with van der Waals surface area (Å²) in [6, 6.07) is 6.69. The normalized spacial score (nSPS) is 16.9. The number of nitrogens with one attached hydrogen (secondary N) is 1. The molecule has 0 radical (unpaired) electrons. The number of benzene rings is 1. The van der Waals surface area contributed by atoms with Gasteiger partial charge >= 0.3 is 0 Å². The van der Waals surface area contributed by atoms with Crippen molar-refractivity contribution in [3.8, 4) is 0 Å². The standard InChI is InChI=1S/C20H24N4O4/c1-2-8-21-17(25)14-22-10-12-23(13-11-22)18(26)7-9-24-19(27)15-5-3-4-6-16(15)20(24)28/h2-6H,1,7-14H2,(H,21,25). The molecule has 8 heteroatoms. The molecule has 1 aromatic carbocycles. The molecule has 0 aromatic heterocycles. The number of nitrogens with zero attached hydrogens (tertiary/aromatic N) is 3. The number of hydrogen-bond donors (Lipinski definition) is 1. The van der Waals surface area contributed by atoms with E-state index >= 15 is 0 Å². The van der Waals surface area contributed by atoms with Crippen LogP contribution in [0, 0.1) is 0 Å². The van der Waals surface area contributed by atoms with E-state index in [2.05, 4.69) is 11.9 Å². The highest BCUT2D eigenvalue weighted by atomic mass is 16.2. The third kappa shape index (κ3) is 4.28. The van der Waals surface area contributed by atoms with E-state index in [1.807, 2.05) is 4.90 Å². The van der Waals surface area contributed by atoms with Crippen LogP contribution in [0.15, 0.2) is 36.9 Å². The van der Waals surface area contributed by atoms with Gasteiger partial charge < -0.3 is 10.2 Å². The second kappa shape index (κ2) is 8.79. The molecule has 8 nitrogen and oxygen atoms in total. The Bertz CT molecular complexity index is 764. The zero-order valence-corrected chi connectivity index (χ0v) is 15.7. The summed E-state index contributed by atoms with van der Waals surface area (Å²) in [7, 11) is 0. The molecule has 0 atom stereocenters. The Morgan fingerprint density at radius 3 is 2.21 bits per heavy atom. The minimum atomic E-state index is -0.344. The van der Waals surface area contributed by atoms with E-state index in [0.29, 0.717) is 50.4 Å². The number of amides is 4. The molecule has 1 aromatic rings. The molecule has 0 spiro atoms. The van der Waals surface area contributed by atoms with Gasteiger partial charge in [0.1, 0.15) is 0 Å². The van der Waals surface area contributed by atoms with Gasteiger partial charge in [-0.2, -0.15) is 0 Å². The third-order valence-corrected chi connectivity index (χ3v) is 4.96.